The van der Waals surface area contributed by atoms with Gasteiger partial charge in [-0.05, 0) is 73.5 Å². The van der Waals surface area contributed by atoms with E-state index < -0.39 is 51.5 Å². The van der Waals surface area contributed by atoms with Gasteiger partial charge in [-0.1, -0.05) is 60.1 Å². The van der Waals surface area contributed by atoms with Gasteiger partial charge < -0.3 is 19.3 Å². The average molecular weight is 571 g/mol. The monoisotopic (exact) mass is 570 g/mol. The van der Waals surface area contributed by atoms with Crippen molar-refractivity contribution >= 4 is 17.9 Å². The minimum absolute atomic E-state index is 0.0231. The molecule has 1 aliphatic heterocycles. The van der Waals surface area contributed by atoms with Crippen LogP contribution in [-0.4, -0.2) is 46.9 Å². The van der Waals surface area contributed by atoms with Crippen molar-refractivity contribution in [3.8, 4) is 0 Å². The summed E-state index contributed by atoms with van der Waals surface area (Å²) in [5.74, 6) is -0.758. The van der Waals surface area contributed by atoms with Gasteiger partial charge in [0.05, 0.1) is 5.41 Å². The summed E-state index contributed by atoms with van der Waals surface area (Å²) < 4.78 is 18.4. The first kappa shape index (κ1) is 29.2. The van der Waals surface area contributed by atoms with Gasteiger partial charge in [0.2, 0.25) is 0 Å². The zero-order valence-electron chi connectivity index (χ0n) is 26.5. The number of rotatable bonds is 2. The highest BCUT2D eigenvalue weighted by atomic mass is 16.6. The number of allylic oxidation sites excluding steroid dienone is 1. The van der Waals surface area contributed by atoms with Crippen molar-refractivity contribution < 1.29 is 33.7 Å². The molecule has 1 N–H and O–H groups in total. The van der Waals surface area contributed by atoms with E-state index in [1.54, 1.807) is 0 Å². The Morgan fingerprint density at radius 1 is 0.878 bits per heavy atom. The van der Waals surface area contributed by atoms with Crippen molar-refractivity contribution in [3.05, 3.63) is 11.6 Å². The fourth-order valence-corrected chi connectivity index (χ4v) is 11.9. The van der Waals surface area contributed by atoms with Gasteiger partial charge in [-0.25, -0.2) is 0 Å². The molecule has 10 atom stereocenters. The number of aliphatic hydroxyl groups is 1. The summed E-state index contributed by atoms with van der Waals surface area (Å²) in [5.41, 5.74) is -1.86. The van der Waals surface area contributed by atoms with Crippen LogP contribution in [0.3, 0.4) is 0 Å². The Kier molecular flexibility index (Phi) is 5.97. The molecular weight excluding hydrogens is 520 g/mol. The highest BCUT2D eigenvalue weighted by Crippen LogP contribution is 2.79. The van der Waals surface area contributed by atoms with Crippen molar-refractivity contribution in [1.29, 1.82) is 0 Å². The Balaban J connectivity index is 1.51. The molecule has 1 spiro atoms. The van der Waals surface area contributed by atoms with Crippen LogP contribution in [0.4, 0.5) is 0 Å². The quantitative estimate of drug-likeness (QED) is 0.250. The maximum Gasteiger partial charge on any atom is 0.313 e. The van der Waals surface area contributed by atoms with Crippen LogP contribution in [0, 0.1) is 44.3 Å². The summed E-state index contributed by atoms with van der Waals surface area (Å²) in [6.07, 6.45) is 6.61. The van der Waals surface area contributed by atoms with Crippen molar-refractivity contribution in [2.45, 2.75) is 138 Å². The van der Waals surface area contributed by atoms with Crippen molar-refractivity contribution in [2.75, 3.05) is 0 Å². The minimum Gasteiger partial charge on any atom is -0.459 e. The lowest BCUT2D eigenvalue weighted by Crippen LogP contribution is -2.73. The molecule has 0 unspecified atom stereocenters. The van der Waals surface area contributed by atoms with Gasteiger partial charge in [-0.3, -0.25) is 14.4 Å². The molecule has 0 amide bonds. The molecule has 7 nitrogen and oxygen atoms in total. The van der Waals surface area contributed by atoms with Crippen LogP contribution < -0.4 is 0 Å². The summed E-state index contributed by atoms with van der Waals surface area (Å²) in [6.45, 7) is 18.5. The number of hydrogen-bond donors (Lipinski definition) is 1. The van der Waals surface area contributed by atoms with Gasteiger partial charge in [0.15, 0.2) is 5.60 Å². The lowest BCUT2D eigenvalue weighted by molar-refractivity contribution is -0.253. The lowest BCUT2D eigenvalue weighted by Gasteiger charge is -2.71. The molecule has 5 fully saturated rings. The average Bonchev–Trinajstić information content (AvgIpc) is 3.02. The molecule has 41 heavy (non-hydrogen) atoms. The molecule has 0 aromatic carbocycles. The van der Waals surface area contributed by atoms with E-state index in [0.29, 0.717) is 6.42 Å². The predicted molar refractivity (Wildman–Crippen MR) is 152 cm³/mol. The topological polar surface area (TPSA) is 99.1 Å². The fraction of sp³-hybridized carbons (Fsp3) is 0.853. The first-order chi connectivity index (χ1) is 18.8. The number of fused-ring (bicyclic) bond motifs is 4. The standard InChI is InChI=1S/C34H50O7/c1-19(35)39-21-17-30(7)22(29(5,6)26(21)40-20(2)36)10-11-31(8)23(30)16-25(37)34-24-18-28(3,4)12-14-33(24,27(38)41-34)15-13-32(31,34)9/h16,21-22,24-26,37H,10-15,17-18H2,1-9H3/t21-,22+,24-,25+,26+,30+,31-,32+,33+,34-/m1/s1. The van der Waals surface area contributed by atoms with Gasteiger partial charge in [0, 0.05) is 30.6 Å². The molecule has 0 radical (unpaired) electrons. The largest absolute Gasteiger partial charge is 0.459 e. The second kappa shape index (κ2) is 8.39. The molecule has 0 aromatic heterocycles. The van der Waals surface area contributed by atoms with Crippen LogP contribution in [0.15, 0.2) is 11.6 Å². The molecule has 0 aromatic rings. The molecule has 2 bridgehead atoms. The Bertz CT molecular complexity index is 1230. The summed E-state index contributed by atoms with van der Waals surface area (Å²) in [6, 6.07) is 0. The first-order valence-electron chi connectivity index (χ1n) is 15.8. The maximum atomic E-state index is 13.8. The highest BCUT2D eigenvalue weighted by Gasteiger charge is 2.82. The Morgan fingerprint density at radius 3 is 2.15 bits per heavy atom. The third kappa shape index (κ3) is 3.39. The third-order valence-corrected chi connectivity index (χ3v) is 13.9. The van der Waals surface area contributed by atoms with E-state index in [0.717, 1.165) is 44.9 Å². The molecule has 5 aliphatic carbocycles. The molecular formula is C34H50O7. The van der Waals surface area contributed by atoms with E-state index in [4.69, 9.17) is 14.2 Å². The van der Waals surface area contributed by atoms with Gasteiger partial charge in [-0.2, -0.15) is 0 Å². The van der Waals surface area contributed by atoms with Crippen molar-refractivity contribution in [1.82, 2.24) is 0 Å². The van der Waals surface area contributed by atoms with E-state index in [9.17, 15) is 19.5 Å². The molecule has 1 saturated heterocycles. The zero-order valence-corrected chi connectivity index (χ0v) is 26.5. The maximum absolute atomic E-state index is 13.8. The first-order valence-corrected chi connectivity index (χ1v) is 15.8. The number of esters is 3. The second-order valence-corrected chi connectivity index (χ2v) is 16.7. The van der Waals surface area contributed by atoms with Crippen molar-refractivity contribution in [2.24, 2.45) is 44.3 Å². The summed E-state index contributed by atoms with van der Waals surface area (Å²) in [7, 11) is 0. The van der Waals surface area contributed by atoms with E-state index in [1.165, 1.54) is 19.4 Å². The van der Waals surface area contributed by atoms with E-state index >= 15 is 0 Å². The van der Waals surface area contributed by atoms with Crippen LogP contribution in [0.1, 0.15) is 114 Å². The van der Waals surface area contributed by atoms with E-state index in [-0.39, 0.29) is 34.6 Å². The van der Waals surface area contributed by atoms with Gasteiger partial charge in [0.1, 0.15) is 18.3 Å². The minimum atomic E-state index is -0.957. The summed E-state index contributed by atoms with van der Waals surface area (Å²) in [4.78, 5) is 38.3. The number of ether oxygens (including phenoxy) is 3. The van der Waals surface area contributed by atoms with Gasteiger partial charge in [-0.15, -0.1) is 0 Å². The van der Waals surface area contributed by atoms with Gasteiger partial charge in [0.25, 0.3) is 0 Å². The Hall–Kier alpha value is -1.89. The Labute approximate surface area is 245 Å². The SMILES string of the molecule is CC(=O)O[C@@H]1C[C@]2(C)C3=C[C@H](O)[C@]45OC(=O)[C@@]6(CCC(C)(C)C[C@H]64)CC[C@@]5(C)[C@]3(C)CC[C@H]2C(C)(C)[C@H]1OC(C)=O. The summed E-state index contributed by atoms with van der Waals surface area (Å²) >= 11 is 0. The highest BCUT2D eigenvalue weighted by molar-refractivity contribution is 5.82. The second-order valence-electron chi connectivity index (χ2n) is 16.7. The molecule has 6 aliphatic rings. The normalized spacial score (nSPS) is 50.6. The predicted octanol–water partition coefficient (Wildman–Crippen LogP) is 5.91. The van der Waals surface area contributed by atoms with Crippen LogP contribution >= 0.6 is 0 Å². The van der Waals surface area contributed by atoms with Crippen molar-refractivity contribution in [3.63, 3.8) is 0 Å². The number of hydrogen-bond acceptors (Lipinski definition) is 7. The number of carbonyl (C=O) groups is 3. The smallest absolute Gasteiger partial charge is 0.313 e. The molecule has 6 rings (SSSR count). The molecule has 4 saturated carbocycles. The van der Waals surface area contributed by atoms with Gasteiger partial charge >= 0.3 is 17.9 Å². The number of carbonyl (C=O) groups excluding carboxylic acids is 3. The molecule has 1 heterocycles. The van der Waals surface area contributed by atoms with E-state index in [1.807, 2.05) is 0 Å². The number of aliphatic hydroxyl groups excluding tert-OH is 1. The van der Waals surface area contributed by atoms with Crippen LogP contribution in [0.5, 0.6) is 0 Å². The zero-order chi connectivity index (χ0) is 30.2. The fourth-order valence-electron chi connectivity index (χ4n) is 11.9. The lowest BCUT2D eigenvalue weighted by atomic mass is 9.33. The molecule has 228 valence electrons. The van der Waals surface area contributed by atoms with Crippen LogP contribution in [0.25, 0.3) is 0 Å². The molecule has 7 heteroatoms. The third-order valence-electron chi connectivity index (χ3n) is 13.9. The van der Waals surface area contributed by atoms with Crippen LogP contribution in [-0.2, 0) is 28.6 Å². The summed E-state index contributed by atoms with van der Waals surface area (Å²) in [5, 5.41) is 12.3. The van der Waals surface area contributed by atoms with Crippen LogP contribution in [0.2, 0.25) is 0 Å². The Morgan fingerprint density at radius 2 is 1.51 bits per heavy atom. The van der Waals surface area contributed by atoms with E-state index in [2.05, 4.69) is 54.5 Å².